The van der Waals surface area contributed by atoms with E-state index in [2.05, 4.69) is 0 Å². The summed E-state index contributed by atoms with van der Waals surface area (Å²) in [7, 11) is 0. The smallest absolute Gasteiger partial charge is 0.247 e. The highest BCUT2D eigenvalue weighted by Crippen LogP contribution is 2.06. The van der Waals surface area contributed by atoms with Crippen molar-refractivity contribution >= 4 is 12.0 Å². The lowest BCUT2D eigenvalue weighted by Crippen LogP contribution is -2.14. The molecule has 0 fully saturated rings. The number of hydrogen-bond acceptors (Lipinski definition) is 1. The number of carbonyl (C=O) groups is 1. The molecule has 1 aromatic carbocycles. The molecular formula is C10H10FNO. The van der Waals surface area contributed by atoms with Crippen molar-refractivity contribution in [3.8, 4) is 0 Å². The Kier molecular flexibility index (Phi) is 3.20. The van der Waals surface area contributed by atoms with Gasteiger partial charge >= 0.3 is 0 Å². The van der Waals surface area contributed by atoms with Gasteiger partial charge in [-0.1, -0.05) is 30.3 Å². The first kappa shape index (κ1) is 9.45. The molecule has 2 N–H and O–H groups in total. The molecule has 68 valence electrons. The predicted octanol–water partition coefficient (Wildman–Crippen LogP) is 1.52. The van der Waals surface area contributed by atoms with Crippen LogP contribution in [0.2, 0.25) is 0 Å². The Morgan fingerprint density at radius 2 is 2.00 bits per heavy atom. The summed E-state index contributed by atoms with van der Waals surface area (Å²) in [6.07, 6.45) is 1.45. The monoisotopic (exact) mass is 179 g/mol. The van der Waals surface area contributed by atoms with E-state index in [-0.39, 0.29) is 5.57 Å². The lowest BCUT2D eigenvalue weighted by molar-refractivity contribution is -0.114. The Balaban J connectivity index is 2.92. The Morgan fingerprint density at radius 1 is 1.38 bits per heavy atom. The molecule has 3 heteroatoms. The fraction of sp³-hybridized carbons (Fsp3) is 0.100. The fourth-order valence-electron chi connectivity index (χ4n) is 0.926. The fourth-order valence-corrected chi connectivity index (χ4v) is 0.926. The molecular weight excluding hydrogens is 169 g/mol. The Hall–Kier alpha value is -1.64. The lowest BCUT2D eigenvalue weighted by atomic mass is 10.1. The molecule has 0 aliphatic rings. The molecule has 0 radical (unpaired) electrons. The van der Waals surface area contributed by atoms with Crippen molar-refractivity contribution in [2.45, 2.75) is 0 Å². The van der Waals surface area contributed by atoms with Crippen molar-refractivity contribution in [1.29, 1.82) is 0 Å². The number of amides is 1. The summed E-state index contributed by atoms with van der Waals surface area (Å²) < 4.78 is 12.2. The van der Waals surface area contributed by atoms with Gasteiger partial charge in [-0.05, 0) is 11.6 Å². The molecule has 13 heavy (non-hydrogen) atoms. The largest absolute Gasteiger partial charge is 0.366 e. The third kappa shape index (κ3) is 2.71. The summed E-state index contributed by atoms with van der Waals surface area (Å²) >= 11 is 0. The van der Waals surface area contributed by atoms with E-state index in [9.17, 15) is 9.18 Å². The zero-order valence-electron chi connectivity index (χ0n) is 7.03. The predicted molar refractivity (Wildman–Crippen MR) is 49.6 cm³/mol. The van der Waals surface area contributed by atoms with E-state index in [1.54, 1.807) is 12.1 Å². The molecule has 1 amide bonds. The number of primary amides is 1. The Morgan fingerprint density at radius 3 is 2.46 bits per heavy atom. The zero-order chi connectivity index (χ0) is 9.68. The second-order valence-corrected chi connectivity index (χ2v) is 2.58. The van der Waals surface area contributed by atoms with Crippen LogP contribution < -0.4 is 5.73 Å². The Bertz CT molecular complexity index is 319. The quantitative estimate of drug-likeness (QED) is 0.702. The topological polar surface area (TPSA) is 43.1 Å². The van der Waals surface area contributed by atoms with Crippen molar-refractivity contribution in [1.82, 2.24) is 0 Å². The van der Waals surface area contributed by atoms with Crippen LogP contribution >= 0.6 is 0 Å². The molecule has 1 rings (SSSR count). The minimum absolute atomic E-state index is 0.00815. The molecule has 0 aliphatic heterocycles. The summed E-state index contributed by atoms with van der Waals surface area (Å²) in [6, 6.07) is 9.01. The van der Waals surface area contributed by atoms with Gasteiger partial charge < -0.3 is 5.73 Å². The van der Waals surface area contributed by atoms with Gasteiger partial charge in [0, 0.05) is 5.57 Å². The molecule has 2 nitrogen and oxygen atoms in total. The average molecular weight is 179 g/mol. The van der Waals surface area contributed by atoms with Crippen LogP contribution in [0.5, 0.6) is 0 Å². The number of rotatable bonds is 3. The maximum atomic E-state index is 12.2. The molecule has 0 aromatic heterocycles. The first-order chi connectivity index (χ1) is 6.24. The summed E-state index contributed by atoms with van der Waals surface area (Å²) in [4.78, 5) is 10.6. The highest BCUT2D eigenvalue weighted by atomic mass is 19.1. The number of carbonyl (C=O) groups excluding carboxylic acids is 1. The van der Waals surface area contributed by atoms with Gasteiger partial charge in [0.15, 0.2) is 0 Å². The standard InChI is InChI=1S/C10H10FNO/c11-7-9(10(12)13)6-8-4-2-1-3-5-8/h1-6H,7H2,(H2,12,13). The van der Waals surface area contributed by atoms with E-state index in [1.165, 1.54) is 6.08 Å². The van der Waals surface area contributed by atoms with Crippen LogP contribution in [0.1, 0.15) is 5.56 Å². The van der Waals surface area contributed by atoms with Crippen molar-refractivity contribution in [3.05, 3.63) is 41.5 Å². The van der Waals surface area contributed by atoms with Crippen LogP contribution in [0, 0.1) is 0 Å². The summed E-state index contributed by atoms with van der Waals surface area (Å²) in [5, 5.41) is 0. The van der Waals surface area contributed by atoms with Crippen LogP contribution in [0.25, 0.3) is 6.08 Å². The number of hydrogen-bond donors (Lipinski definition) is 1. The molecule has 0 saturated carbocycles. The number of halogens is 1. The van der Waals surface area contributed by atoms with Crippen molar-refractivity contribution in [2.75, 3.05) is 6.67 Å². The van der Waals surface area contributed by atoms with Crippen LogP contribution in [0.3, 0.4) is 0 Å². The van der Waals surface area contributed by atoms with Gasteiger partial charge in [0.25, 0.3) is 0 Å². The molecule has 0 saturated heterocycles. The summed E-state index contributed by atoms with van der Waals surface area (Å²) in [6.45, 7) is -0.829. The molecule has 0 spiro atoms. The molecule has 0 heterocycles. The first-order valence-electron chi connectivity index (χ1n) is 3.85. The SMILES string of the molecule is NC(=O)C(=Cc1ccccc1)CF. The number of alkyl halides is 1. The van der Waals surface area contributed by atoms with Gasteiger partial charge in [0.2, 0.25) is 5.91 Å². The minimum Gasteiger partial charge on any atom is -0.366 e. The van der Waals surface area contributed by atoms with Crippen LogP contribution in [0.15, 0.2) is 35.9 Å². The van der Waals surface area contributed by atoms with Gasteiger partial charge in [-0.3, -0.25) is 4.79 Å². The first-order valence-corrected chi connectivity index (χ1v) is 3.85. The maximum absolute atomic E-state index is 12.2. The number of nitrogens with two attached hydrogens (primary N) is 1. The van der Waals surface area contributed by atoms with Gasteiger partial charge in [0.05, 0.1) is 0 Å². The van der Waals surface area contributed by atoms with Gasteiger partial charge in [-0.2, -0.15) is 0 Å². The van der Waals surface area contributed by atoms with E-state index in [0.29, 0.717) is 0 Å². The lowest BCUT2D eigenvalue weighted by Gasteiger charge is -1.96. The molecule has 0 unspecified atom stereocenters. The van der Waals surface area contributed by atoms with Crippen molar-refractivity contribution in [3.63, 3.8) is 0 Å². The molecule has 0 atom stereocenters. The molecule has 0 bridgehead atoms. The molecule has 0 aliphatic carbocycles. The van der Waals surface area contributed by atoms with Crippen LogP contribution in [-0.4, -0.2) is 12.6 Å². The highest BCUT2D eigenvalue weighted by molar-refractivity contribution is 5.96. The van der Waals surface area contributed by atoms with Crippen LogP contribution in [0.4, 0.5) is 4.39 Å². The summed E-state index contributed by atoms with van der Waals surface area (Å²) in [5.74, 6) is -0.716. The van der Waals surface area contributed by atoms with E-state index in [4.69, 9.17) is 5.73 Å². The van der Waals surface area contributed by atoms with Crippen molar-refractivity contribution < 1.29 is 9.18 Å². The third-order valence-corrected chi connectivity index (χ3v) is 1.60. The van der Waals surface area contributed by atoms with E-state index in [0.717, 1.165) is 5.56 Å². The third-order valence-electron chi connectivity index (χ3n) is 1.60. The molecule has 1 aromatic rings. The Labute approximate surface area is 75.9 Å². The minimum atomic E-state index is -0.829. The second kappa shape index (κ2) is 4.40. The summed E-state index contributed by atoms with van der Waals surface area (Å²) in [5.41, 5.74) is 5.71. The normalized spacial score (nSPS) is 11.3. The van der Waals surface area contributed by atoms with Gasteiger partial charge in [0.1, 0.15) is 6.67 Å². The van der Waals surface area contributed by atoms with E-state index < -0.39 is 12.6 Å². The second-order valence-electron chi connectivity index (χ2n) is 2.58. The van der Waals surface area contributed by atoms with Gasteiger partial charge in [-0.15, -0.1) is 0 Å². The average Bonchev–Trinajstić information content (AvgIpc) is 2.15. The maximum Gasteiger partial charge on any atom is 0.247 e. The number of benzene rings is 1. The van der Waals surface area contributed by atoms with Gasteiger partial charge in [-0.25, -0.2) is 4.39 Å². The van der Waals surface area contributed by atoms with E-state index in [1.807, 2.05) is 18.2 Å². The zero-order valence-corrected chi connectivity index (χ0v) is 7.03. The van der Waals surface area contributed by atoms with E-state index >= 15 is 0 Å². The highest BCUT2D eigenvalue weighted by Gasteiger charge is 2.02. The van der Waals surface area contributed by atoms with Crippen molar-refractivity contribution in [2.24, 2.45) is 5.73 Å². The van der Waals surface area contributed by atoms with Crippen LogP contribution in [-0.2, 0) is 4.79 Å².